The van der Waals surface area contributed by atoms with E-state index in [1.165, 1.54) is 23.4 Å². The summed E-state index contributed by atoms with van der Waals surface area (Å²) in [6.07, 6.45) is 0. The van der Waals surface area contributed by atoms with Crippen molar-refractivity contribution in [1.29, 1.82) is 0 Å². The first kappa shape index (κ1) is 11.0. The van der Waals surface area contributed by atoms with Crippen LogP contribution in [0.25, 0.3) is 0 Å². The van der Waals surface area contributed by atoms with Gasteiger partial charge in [-0.25, -0.2) is 14.2 Å². The summed E-state index contributed by atoms with van der Waals surface area (Å²) in [6.45, 7) is 4.65. The second kappa shape index (κ2) is 4.45. The van der Waals surface area contributed by atoms with Gasteiger partial charge in [-0.2, -0.15) is 4.98 Å². The summed E-state index contributed by atoms with van der Waals surface area (Å²) in [7, 11) is 1.44. The Morgan fingerprint density at radius 3 is 2.64 bits per heavy atom. The largest absolute Gasteiger partial charge is 0.353 e. The predicted octanol–water partition coefficient (Wildman–Crippen LogP) is 0.0739. The van der Waals surface area contributed by atoms with E-state index in [1.54, 1.807) is 0 Å². The minimum Gasteiger partial charge on any atom is -0.271 e. The van der Waals surface area contributed by atoms with Crippen molar-refractivity contribution in [3.05, 3.63) is 21.0 Å². The number of hydrogen-bond donors (Lipinski definition) is 0. The summed E-state index contributed by atoms with van der Waals surface area (Å²) in [6, 6.07) is 0. The van der Waals surface area contributed by atoms with E-state index in [0.717, 1.165) is 10.3 Å². The van der Waals surface area contributed by atoms with Crippen LogP contribution in [0, 0.1) is 0 Å². The van der Waals surface area contributed by atoms with Crippen molar-refractivity contribution in [2.24, 2.45) is 7.05 Å². The van der Waals surface area contributed by atoms with Crippen LogP contribution in [0.15, 0.2) is 14.7 Å². The maximum atomic E-state index is 11.4. The van der Waals surface area contributed by atoms with Gasteiger partial charge in [0, 0.05) is 19.3 Å². The molecule has 1 aromatic heterocycles. The van der Waals surface area contributed by atoms with Crippen LogP contribution < -0.4 is 11.4 Å². The van der Waals surface area contributed by atoms with E-state index in [-0.39, 0.29) is 5.69 Å². The first-order valence-electron chi connectivity index (χ1n) is 4.51. The summed E-state index contributed by atoms with van der Waals surface area (Å²) in [4.78, 5) is 26.1. The molecule has 0 amide bonds. The molecule has 0 saturated heterocycles. The molecular formula is C8H13N3O2S. The summed E-state index contributed by atoms with van der Waals surface area (Å²) in [5, 5.41) is 0.545. The van der Waals surface area contributed by atoms with Gasteiger partial charge in [0.05, 0.1) is 0 Å². The quantitative estimate of drug-likeness (QED) is 0.614. The molecule has 78 valence electrons. The van der Waals surface area contributed by atoms with Crippen molar-refractivity contribution in [3.8, 4) is 0 Å². The fraction of sp³-hybridized carbons (Fsp3) is 0.625. The minimum absolute atomic E-state index is 0.269. The van der Waals surface area contributed by atoms with Crippen molar-refractivity contribution in [3.63, 3.8) is 0 Å². The van der Waals surface area contributed by atoms with Gasteiger partial charge >= 0.3 is 11.4 Å². The third kappa shape index (κ3) is 1.75. The van der Waals surface area contributed by atoms with Gasteiger partial charge in [0.1, 0.15) is 0 Å². The Balaban J connectivity index is 0.000000461. The molecule has 2 heterocycles. The second-order valence-corrected chi connectivity index (χ2v) is 3.58. The van der Waals surface area contributed by atoms with Crippen LogP contribution in [0.5, 0.6) is 0 Å². The Bertz CT molecular complexity index is 435. The van der Waals surface area contributed by atoms with Crippen LogP contribution in [0.2, 0.25) is 0 Å². The van der Waals surface area contributed by atoms with Gasteiger partial charge in [0.2, 0.25) is 0 Å². The Kier molecular flexibility index (Phi) is 3.51. The van der Waals surface area contributed by atoms with Crippen molar-refractivity contribution in [2.45, 2.75) is 25.5 Å². The highest BCUT2D eigenvalue weighted by atomic mass is 32.2. The van der Waals surface area contributed by atoms with Crippen LogP contribution in [-0.4, -0.2) is 19.9 Å². The standard InChI is InChI=1S/C6H7N3O2S.C2H6/c1-8-4(10)7-5-9(6(8)11)2-3-12-5;1-2/h2-3H2,1H3;1-2H3. The average molecular weight is 215 g/mol. The Hall–Kier alpha value is -1.04. The Morgan fingerprint density at radius 1 is 1.36 bits per heavy atom. The van der Waals surface area contributed by atoms with E-state index >= 15 is 0 Å². The zero-order valence-electron chi connectivity index (χ0n) is 8.48. The maximum Gasteiger partial charge on any atom is 0.353 e. The third-order valence-electron chi connectivity index (χ3n) is 1.77. The molecule has 0 spiro atoms. The molecule has 14 heavy (non-hydrogen) atoms. The lowest BCUT2D eigenvalue weighted by molar-refractivity contribution is 0.554. The highest BCUT2D eigenvalue weighted by Gasteiger charge is 2.16. The fourth-order valence-electron chi connectivity index (χ4n) is 1.09. The van der Waals surface area contributed by atoms with Crippen molar-refractivity contribution < 1.29 is 0 Å². The first-order valence-corrected chi connectivity index (χ1v) is 5.49. The SMILES string of the molecule is CC.Cn1c(=O)nc2n(c1=O)CCS2. The monoisotopic (exact) mass is 215 g/mol. The normalized spacial score (nSPS) is 13.1. The molecule has 0 unspecified atom stereocenters. The summed E-state index contributed by atoms with van der Waals surface area (Å²) < 4.78 is 2.54. The fourth-order valence-corrected chi connectivity index (χ4v) is 2.02. The van der Waals surface area contributed by atoms with E-state index in [2.05, 4.69) is 4.98 Å². The average Bonchev–Trinajstić information content (AvgIpc) is 2.65. The van der Waals surface area contributed by atoms with E-state index in [9.17, 15) is 9.59 Å². The molecule has 6 heteroatoms. The van der Waals surface area contributed by atoms with Crippen LogP contribution in [0.4, 0.5) is 0 Å². The van der Waals surface area contributed by atoms with Gasteiger partial charge in [-0.3, -0.25) is 4.57 Å². The van der Waals surface area contributed by atoms with Crippen LogP contribution in [0.3, 0.4) is 0 Å². The Labute approximate surface area is 85.8 Å². The molecule has 1 aliphatic heterocycles. The van der Waals surface area contributed by atoms with Gasteiger partial charge in [-0.15, -0.1) is 0 Å². The molecule has 0 bridgehead atoms. The molecule has 0 radical (unpaired) electrons. The predicted molar refractivity (Wildman–Crippen MR) is 55.8 cm³/mol. The minimum atomic E-state index is -0.472. The van der Waals surface area contributed by atoms with Gasteiger partial charge in [-0.1, -0.05) is 25.6 Å². The lowest BCUT2D eigenvalue weighted by Crippen LogP contribution is -2.39. The second-order valence-electron chi connectivity index (χ2n) is 2.52. The molecule has 0 aromatic carbocycles. The number of nitrogens with zero attached hydrogens (tertiary/aromatic N) is 3. The number of thioether (sulfide) groups is 1. The van der Waals surface area contributed by atoms with Gasteiger partial charge < -0.3 is 0 Å². The van der Waals surface area contributed by atoms with E-state index in [4.69, 9.17) is 0 Å². The van der Waals surface area contributed by atoms with Gasteiger partial charge in [-0.05, 0) is 0 Å². The number of fused-ring (bicyclic) bond motifs is 1. The van der Waals surface area contributed by atoms with Crippen LogP contribution >= 0.6 is 11.8 Å². The number of hydrogen-bond acceptors (Lipinski definition) is 4. The lowest BCUT2D eigenvalue weighted by atomic mass is 10.7. The Morgan fingerprint density at radius 2 is 2.00 bits per heavy atom. The molecule has 0 saturated carbocycles. The molecule has 0 fully saturated rings. The smallest absolute Gasteiger partial charge is 0.271 e. The molecule has 0 atom stereocenters. The topological polar surface area (TPSA) is 56.9 Å². The summed E-state index contributed by atoms with van der Waals surface area (Å²) in [5.41, 5.74) is -0.740. The van der Waals surface area contributed by atoms with Crippen molar-refractivity contribution in [1.82, 2.24) is 14.1 Å². The van der Waals surface area contributed by atoms with E-state index < -0.39 is 5.69 Å². The molecule has 1 aliphatic rings. The number of rotatable bonds is 0. The van der Waals surface area contributed by atoms with Crippen LogP contribution in [0.1, 0.15) is 13.8 Å². The molecule has 1 aromatic rings. The highest BCUT2D eigenvalue weighted by molar-refractivity contribution is 7.99. The van der Waals surface area contributed by atoms with E-state index in [1.807, 2.05) is 13.8 Å². The zero-order chi connectivity index (χ0) is 10.7. The maximum absolute atomic E-state index is 11.4. The van der Waals surface area contributed by atoms with Gasteiger partial charge in [0.25, 0.3) is 0 Å². The van der Waals surface area contributed by atoms with E-state index in [0.29, 0.717) is 11.7 Å². The van der Waals surface area contributed by atoms with Crippen molar-refractivity contribution >= 4 is 11.8 Å². The summed E-state index contributed by atoms with van der Waals surface area (Å²) in [5.74, 6) is 0.825. The molecule has 0 aliphatic carbocycles. The zero-order valence-corrected chi connectivity index (χ0v) is 9.30. The lowest BCUT2D eigenvalue weighted by Gasteiger charge is -2.00. The molecular weight excluding hydrogens is 202 g/mol. The molecule has 2 rings (SSSR count). The summed E-state index contributed by atoms with van der Waals surface area (Å²) >= 11 is 1.44. The first-order chi connectivity index (χ1) is 6.70. The van der Waals surface area contributed by atoms with Crippen molar-refractivity contribution in [2.75, 3.05) is 5.75 Å². The molecule has 5 nitrogen and oxygen atoms in total. The van der Waals surface area contributed by atoms with Gasteiger partial charge in [0.15, 0.2) is 5.16 Å². The highest BCUT2D eigenvalue weighted by Crippen LogP contribution is 2.18. The van der Waals surface area contributed by atoms with Crippen LogP contribution in [-0.2, 0) is 13.6 Å². The third-order valence-corrected chi connectivity index (χ3v) is 2.73. The molecule has 0 N–H and O–H groups in total. The number of aromatic nitrogens is 3.